The van der Waals surface area contributed by atoms with Crippen LogP contribution < -0.4 is 5.73 Å². The standard InChI is InChI=1S/C6H8F3NO3/c1-2-13-5(12)3(10)4(11)6(7,8)9/h3H,2,10H2,1H3/t3-/m0/s1. The molecule has 76 valence electrons. The highest BCUT2D eigenvalue weighted by molar-refractivity contribution is 6.05. The van der Waals surface area contributed by atoms with E-state index < -0.39 is 24.0 Å². The molecule has 0 aromatic rings. The Balaban J connectivity index is 4.35. The Morgan fingerprint density at radius 1 is 1.46 bits per heavy atom. The van der Waals surface area contributed by atoms with Crippen LogP contribution in [0.2, 0.25) is 0 Å². The molecule has 0 amide bonds. The van der Waals surface area contributed by atoms with Gasteiger partial charge in [-0.25, -0.2) is 4.79 Å². The Kier molecular flexibility index (Phi) is 3.86. The lowest BCUT2D eigenvalue weighted by atomic mass is 10.2. The van der Waals surface area contributed by atoms with E-state index in [1.807, 2.05) is 0 Å². The Morgan fingerprint density at radius 2 is 1.92 bits per heavy atom. The molecular formula is C6H8F3NO3. The highest BCUT2D eigenvalue weighted by Gasteiger charge is 2.45. The molecule has 0 saturated heterocycles. The zero-order valence-electron chi connectivity index (χ0n) is 6.72. The summed E-state index contributed by atoms with van der Waals surface area (Å²) < 4.78 is 39.1. The Hall–Kier alpha value is -1.11. The van der Waals surface area contributed by atoms with Gasteiger partial charge in [0, 0.05) is 0 Å². The molecule has 0 rings (SSSR count). The number of halogens is 3. The molecule has 0 bridgehead atoms. The van der Waals surface area contributed by atoms with Gasteiger partial charge in [0.2, 0.25) is 0 Å². The number of hydrogen-bond acceptors (Lipinski definition) is 4. The van der Waals surface area contributed by atoms with E-state index in [2.05, 4.69) is 10.5 Å². The second kappa shape index (κ2) is 4.22. The molecule has 13 heavy (non-hydrogen) atoms. The van der Waals surface area contributed by atoms with Crippen molar-refractivity contribution in [1.82, 2.24) is 0 Å². The summed E-state index contributed by atoms with van der Waals surface area (Å²) in [4.78, 5) is 20.9. The van der Waals surface area contributed by atoms with Crippen LogP contribution in [0.4, 0.5) is 13.2 Å². The topological polar surface area (TPSA) is 69.4 Å². The van der Waals surface area contributed by atoms with E-state index in [0.29, 0.717) is 0 Å². The molecule has 2 N–H and O–H groups in total. The molecule has 1 atom stereocenters. The van der Waals surface area contributed by atoms with Crippen LogP contribution in [0.3, 0.4) is 0 Å². The molecule has 0 spiro atoms. The minimum absolute atomic E-state index is 0.127. The van der Waals surface area contributed by atoms with Crippen molar-refractivity contribution in [2.75, 3.05) is 6.61 Å². The molecule has 0 aliphatic heterocycles. The molecular weight excluding hydrogens is 191 g/mol. The van der Waals surface area contributed by atoms with Crippen LogP contribution in [0.15, 0.2) is 0 Å². The summed E-state index contributed by atoms with van der Waals surface area (Å²) in [7, 11) is 0. The van der Waals surface area contributed by atoms with Gasteiger partial charge in [0.15, 0.2) is 6.04 Å². The van der Waals surface area contributed by atoms with Gasteiger partial charge in [-0.3, -0.25) is 4.79 Å². The van der Waals surface area contributed by atoms with Gasteiger partial charge in [-0.05, 0) is 6.92 Å². The summed E-state index contributed by atoms with van der Waals surface area (Å²) in [6.45, 7) is 1.26. The largest absolute Gasteiger partial charge is 0.464 e. The normalized spacial score (nSPS) is 13.6. The molecule has 0 aromatic heterocycles. The predicted octanol–water partition coefficient (Wildman–Crippen LogP) is 0.00820. The van der Waals surface area contributed by atoms with Crippen molar-refractivity contribution in [3.63, 3.8) is 0 Å². The fraction of sp³-hybridized carbons (Fsp3) is 0.667. The molecule has 0 aliphatic carbocycles. The number of carbonyl (C=O) groups excluding carboxylic acids is 2. The van der Waals surface area contributed by atoms with Crippen molar-refractivity contribution in [3.8, 4) is 0 Å². The third-order valence-electron chi connectivity index (χ3n) is 1.10. The Labute approximate surface area is 71.8 Å². The maximum atomic E-state index is 11.7. The van der Waals surface area contributed by atoms with Crippen molar-refractivity contribution in [2.45, 2.75) is 19.1 Å². The molecule has 0 saturated carbocycles. The third-order valence-corrected chi connectivity index (χ3v) is 1.10. The smallest absolute Gasteiger partial charge is 0.452 e. The lowest BCUT2D eigenvalue weighted by Crippen LogP contribution is -2.46. The first-order valence-electron chi connectivity index (χ1n) is 3.34. The summed E-state index contributed by atoms with van der Waals surface area (Å²) in [6, 6.07) is -2.28. The quantitative estimate of drug-likeness (QED) is 0.513. The molecule has 0 unspecified atom stereocenters. The Bertz CT molecular complexity index is 214. The van der Waals surface area contributed by atoms with E-state index in [9.17, 15) is 22.8 Å². The van der Waals surface area contributed by atoms with Crippen molar-refractivity contribution in [1.29, 1.82) is 0 Å². The van der Waals surface area contributed by atoms with Gasteiger partial charge in [-0.2, -0.15) is 13.2 Å². The first-order chi connectivity index (χ1) is 5.80. The molecule has 0 aromatic carbocycles. The lowest BCUT2D eigenvalue weighted by Gasteiger charge is -2.10. The Morgan fingerprint density at radius 3 is 2.23 bits per heavy atom. The highest BCUT2D eigenvalue weighted by Crippen LogP contribution is 2.17. The van der Waals surface area contributed by atoms with Gasteiger partial charge in [0.25, 0.3) is 5.78 Å². The van der Waals surface area contributed by atoms with Gasteiger partial charge in [0.1, 0.15) is 0 Å². The van der Waals surface area contributed by atoms with Crippen LogP contribution in [0.25, 0.3) is 0 Å². The van der Waals surface area contributed by atoms with Crippen molar-refractivity contribution >= 4 is 11.8 Å². The molecule has 0 radical (unpaired) electrons. The first kappa shape index (κ1) is 11.9. The molecule has 7 heteroatoms. The molecule has 0 heterocycles. The zero-order chi connectivity index (χ0) is 10.6. The fourth-order valence-electron chi connectivity index (χ4n) is 0.515. The van der Waals surface area contributed by atoms with Crippen LogP contribution in [-0.2, 0) is 14.3 Å². The van der Waals surface area contributed by atoms with E-state index in [0.717, 1.165) is 0 Å². The maximum absolute atomic E-state index is 11.7. The molecule has 0 fully saturated rings. The minimum atomic E-state index is -5.10. The summed E-state index contributed by atoms with van der Waals surface area (Å²) in [6.07, 6.45) is -5.10. The molecule has 0 aliphatic rings. The fourth-order valence-corrected chi connectivity index (χ4v) is 0.515. The number of carbonyl (C=O) groups is 2. The van der Waals surface area contributed by atoms with Crippen LogP contribution in [0, 0.1) is 0 Å². The van der Waals surface area contributed by atoms with Crippen LogP contribution in [0.1, 0.15) is 6.92 Å². The lowest BCUT2D eigenvalue weighted by molar-refractivity contribution is -0.176. The third kappa shape index (κ3) is 3.41. The van der Waals surface area contributed by atoms with Gasteiger partial charge in [-0.1, -0.05) is 0 Å². The number of rotatable bonds is 3. The van der Waals surface area contributed by atoms with Crippen LogP contribution >= 0.6 is 0 Å². The second-order valence-electron chi connectivity index (χ2n) is 2.09. The number of alkyl halides is 3. The van der Waals surface area contributed by atoms with Gasteiger partial charge < -0.3 is 10.5 Å². The van der Waals surface area contributed by atoms with Crippen molar-refractivity contribution < 1.29 is 27.5 Å². The SMILES string of the molecule is CCOC(=O)[C@@H](N)C(=O)C(F)(F)F. The van der Waals surface area contributed by atoms with Crippen LogP contribution in [-0.4, -0.2) is 30.6 Å². The number of Topliss-reactive ketones (excluding diaryl/α,β-unsaturated/α-hetero) is 1. The van der Waals surface area contributed by atoms with Crippen molar-refractivity contribution in [3.05, 3.63) is 0 Å². The summed E-state index contributed by atoms with van der Waals surface area (Å²) >= 11 is 0. The average Bonchev–Trinajstić information content (AvgIpc) is 2.00. The highest BCUT2D eigenvalue weighted by atomic mass is 19.4. The minimum Gasteiger partial charge on any atom is -0.464 e. The van der Waals surface area contributed by atoms with E-state index in [-0.39, 0.29) is 6.61 Å². The number of ether oxygens (including phenoxy) is 1. The summed E-state index contributed by atoms with van der Waals surface area (Å²) in [5.74, 6) is -3.67. The van der Waals surface area contributed by atoms with Gasteiger partial charge >= 0.3 is 12.1 Å². The number of nitrogens with two attached hydrogens (primary N) is 1. The number of ketones is 1. The van der Waals surface area contributed by atoms with E-state index in [1.165, 1.54) is 6.92 Å². The summed E-state index contributed by atoms with van der Waals surface area (Å²) in [5.41, 5.74) is 4.69. The average molecular weight is 199 g/mol. The van der Waals surface area contributed by atoms with E-state index in [4.69, 9.17) is 0 Å². The van der Waals surface area contributed by atoms with E-state index in [1.54, 1.807) is 0 Å². The molecule has 4 nitrogen and oxygen atoms in total. The predicted molar refractivity (Wildman–Crippen MR) is 35.7 cm³/mol. The van der Waals surface area contributed by atoms with Crippen molar-refractivity contribution in [2.24, 2.45) is 5.73 Å². The number of esters is 1. The van der Waals surface area contributed by atoms with Gasteiger partial charge in [-0.15, -0.1) is 0 Å². The number of hydrogen-bond donors (Lipinski definition) is 1. The zero-order valence-corrected chi connectivity index (χ0v) is 6.72. The van der Waals surface area contributed by atoms with E-state index >= 15 is 0 Å². The van der Waals surface area contributed by atoms with Gasteiger partial charge in [0.05, 0.1) is 6.61 Å². The monoisotopic (exact) mass is 199 g/mol. The van der Waals surface area contributed by atoms with Crippen LogP contribution in [0.5, 0.6) is 0 Å². The maximum Gasteiger partial charge on any atom is 0.452 e. The first-order valence-corrected chi connectivity index (χ1v) is 3.34. The second-order valence-corrected chi connectivity index (χ2v) is 2.09. The summed E-state index contributed by atoms with van der Waals surface area (Å²) in [5, 5.41) is 0.